The minimum Gasteiger partial charge on any atom is -0.490 e. The van der Waals surface area contributed by atoms with E-state index in [0.717, 1.165) is 25.1 Å². The Bertz CT molecular complexity index is 1060. The highest BCUT2D eigenvalue weighted by Crippen LogP contribution is 2.42. The van der Waals surface area contributed by atoms with Crippen LogP contribution >= 0.6 is 0 Å². The highest BCUT2D eigenvalue weighted by molar-refractivity contribution is 5.90. The molecule has 0 amide bonds. The van der Waals surface area contributed by atoms with E-state index in [1.165, 1.54) is 6.07 Å². The SMILES string of the molecule is CN(CC1CCC(C(=O)O)CC1)c1ccc2c(C(F)F)c(OC3CCC(C(F)(F)F)CC3)ccc2c1. The second kappa shape index (κ2) is 10.8. The zero-order chi connectivity index (χ0) is 26.0. The average Bonchev–Trinajstić information content (AvgIpc) is 2.83. The van der Waals surface area contributed by atoms with Gasteiger partial charge in [0, 0.05) is 19.3 Å². The van der Waals surface area contributed by atoms with Crippen molar-refractivity contribution in [3.63, 3.8) is 0 Å². The Morgan fingerprint density at radius 3 is 2.28 bits per heavy atom. The van der Waals surface area contributed by atoms with Gasteiger partial charge in [-0.1, -0.05) is 12.1 Å². The number of halogens is 5. The number of alkyl halides is 5. The van der Waals surface area contributed by atoms with Crippen LogP contribution in [0.1, 0.15) is 63.4 Å². The van der Waals surface area contributed by atoms with E-state index >= 15 is 0 Å². The first-order valence-corrected chi connectivity index (χ1v) is 12.5. The average molecular weight is 514 g/mol. The standard InChI is InChI=1S/C27H32F5NO3/c1-33(15-16-2-4-17(5-3-16)26(34)35)20-9-12-22-18(14-20)6-13-23(24(22)25(28)29)36-21-10-7-19(8-11-21)27(30,31)32/h6,9,12-14,16-17,19,21,25H,2-5,7-8,10-11,15H2,1H3,(H,34,35). The predicted octanol–water partition coefficient (Wildman–Crippen LogP) is 7.60. The van der Waals surface area contributed by atoms with Crippen LogP contribution in [0, 0.1) is 17.8 Å². The molecule has 0 unspecified atom stereocenters. The lowest BCUT2D eigenvalue weighted by molar-refractivity contribution is -0.185. The molecule has 2 saturated carbocycles. The molecule has 0 spiro atoms. The van der Waals surface area contributed by atoms with Crippen LogP contribution in [0.3, 0.4) is 0 Å². The van der Waals surface area contributed by atoms with Gasteiger partial charge in [0.2, 0.25) is 0 Å². The fourth-order valence-corrected chi connectivity index (χ4v) is 5.66. The largest absolute Gasteiger partial charge is 0.490 e. The van der Waals surface area contributed by atoms with Gasteiger partial charge in [0.1, 0.15) is 5.75 Å². The summed E-state index contributed by atoms with van der Waals surface area (Å²) in [5, 5.41) is 10.2. The summed E-state index contributed by atoms with van der Waals surface area (Å²) in [7, 11) is 1.94. The van der Waals surface area contributed by atoms with E-state index in [1.54, 1.807) is 18.2 Å². The summed E-state index contributed by atoms with van der Waals surface area (Å²) < 4.78 is 72.9. The molecule has 2 aliphatic rings. The highest BCUT2D eigenvalue weighted by Gasteiger charge is 2.42. The summed E-state index contributed by atoms with van der Waals surface area (Å²) >= 11 is 0. The van der Waals surface area contributed by atoms with Crippen molar-refractivity contribution in [2.24, 2.45) is 17.8 Å². The minimum absolute atomic E-state index is 0.0317. The Labute approximate surface area is 207 Å². The molecule has 0 heterocycles. The monoisotopic (exact) mass is 513 g/mol. The second-order valence-electron chi connectivity index (χ2n) is 10.3. The molecular weight excluding hydrogens is 481 g/mol. The first kappa shape index (κ1) is 26.5. The fraction of sp³-hybridized carbons (Fsp3) is 0.593. The van der Waals surface area contributed by atoms with Crippen LogP contribution in [-0.2, 0) is 4.79 Å². The van der Waals surface area contributed by atoms with Gasteiger partial charge in [-0.3, -0.25) is 4.79 Å². The van der Waals surface area contributed by atoms with Crippen LogP contribution in [0.4, 0.5) is 27.6 Å². The molecular formula is C27H32F5NO3. The number of carbonyl (C=O) groups is 1. The zero-order valence-corrected chi connectivity index (χ0v) is 20.2. The number of aliphatic carboxylic acids is 1. The van der Waals surface area contributed by atoms with E-state index in [4.69, 9.17) is 4.74 Å². The van der Waals surface area contributed by atoms with Gasteiger partial charge in [-0.15, -0.1) is 0 Å². The van der Waals surface area contributed by atoms with Crippen LogP contribution in [0.15, 0.2) is 30.3 Å². The number of ether oxygens (including phenoxy) is 1. The number of fused-ring (bicyclic) bond motifs is 1. The first-order chi connectivity index (χ1) is 17.0. The number of hydrogen-bond donors (Lipinski definition) is 1. The van der Waals surface area contributed by atoms with Crippen LogP contribution in [-0.4, -0.2) is 36.9 Å². The molecule has 0 atom stereocenters. The van der Waals surface area contributed by atoms with E-state index in [9.17, 15) is 31.9 Å². The molecule has 0 saturated heterocycles. The van der Waals surface area contributed by atoms with Crippen molar-refractivity contribution in [2.45, 2.75) is 70.1 Å². The minimum atomic E-state index is -4.23. The summed E-state index contributed by atoms with van der Waals surface area (Å²) in [5.74, 6) is -1.95. The summed E-state index contributed by atoms with van der Waals surface area (Å²) in [6.07, 6.45) is -4.25. The number of rotatable bonds is 7. The summed E-state index contributed by atoms with van der Waals surface area (Å²) in [5.41, 5.74) is 0.647. The maximum Gasteiger partial charge on any atom is 0.391 e. The van der Waals surface area contributed by atoms with E-state index in [2.05, 4.69) is 4.90 Å². The van der Waals surface area contributed by atoms with Crippen molar-refractivity contribution < 1.29 is 36.6 Å². The van der Waals surface area contributed by atoms with Crippen LogP contribution in [0.2, 0.25) is 0 Å². The highest BCUT2D eigenvalue weighted by atomic mass is 19.4. The number of benzene rings is 2. The molecule has 0 bridgehead atoms. The third-order valence-corrected chi connectivity index (χ3v) is 7.82. The number of hydrogen-bond acceptors (Lipinski definition) is 3. The summed E-state index contributed by atoms with van der Waals surface area (Å²) in [4.78, 5) is 13.2. The summed E-state index contributed by atoms with van der Waals surface area (Å²) in [6.45, 7) is 0.751. The van der Waals surface area contributed by atoms with Crippen molar-refractivity contribution in [1.29, 1.82) is 0 Å². The van der Waals surface area contributed by atoms with Crippen LogP contribution < -0.4 is 9.64 Å². The molecule has 4 nitrogen and oxygen atoms in total. The maximum atomic E-state index is 14.1. The van der Waals surface area contributed by atoms with Crippen molar-refractivity contribution in [3.8, 4) is 5.75 Å². The van der Waals surface area contributed by atoms with Crippen molar-refractivity contribution in [2.75, 3.05) is 18.5 Å². The van der Waals surface area contributed by atoms with Gasteiger partial charge >= 0.3 is 12.1 Å². The van der Waals surface area contributed by atoms with Gasteiger partial charge in [0.05, 0.1) is 23.5 Å². The Morgan fingerprint density at radius 1 is 1.03 bits per heavy atom. The Hall–Kier alpha value is -2.58. The lowest BCUT2D eigenvalue weighted by Crippen LogP contribution is -2.32. The lowest BCUT2D eigenvalue weighted by Gasteiger charge is -2.31. The molecule has 36 heavy (non-hydrogen) atoms. The van der Waals surface area contributed by atoms with Gasteiger partial charge in [-0.25, -0.2) is 8.78 Å². The third kappa shape index (κ3) is 6.03. The molecule has 2 fully saturated rings. The predicted molar refractivity (Wildman–Crippen MR) is 128 cm³/mol. The van der Waals surface area contributed by atoms with Gasteiger partial charge < -0.3 is 14.7 Å². The fourth-order valence-electron chi connectivity index (χ4n) is 5.66. The Kier molecular flexibility index (Phi) is 7.95. The zero-order valence-electron chi connectivity index (χ0n) is 20.2. The summed E-state index contributed by atoms with van der Waals surface area (Å²) in [6, 6.07) is 8.50. The lowest BCUT2D eigenvalue weighted by atomic mass is 9.82. The quantitative estimate of drug-likeness (QED) is 0.387. The molecule has 2 aromatic rings. The number of nitrogens with zero attached hydrogens (tertiary/aromatic N) is 1. The number of anilines is 1. The molecule has 1 N–H and O–H groups in total. The van der Waals surface area contributed by atoms with Crippen molar-refractivity contribution in [3.05, 3.63) is 35.9 Å². The molecule has 2 aliphatic carbocycles. The Morgan fingerprint density at radius 2 is 1.69 bits per heavy atom. The molecule has 0 radical (unpaired) electrons. The van der Waals surface area contributed by atoms with Crippen LogP contribution in [0.25, 0.3) is 10.8 Å². The van der Waals surface area contributed by atoms with Crippen LogP contribution in [0.5, 0.6) is 5.75 Å². The molecule has 9 heteroatoms. The van der Waals surface area contributed by atoms with Crippen molar-refractivity contribution in [1.82, 2.24) is 0 Å². The van der Waals surface area contributed by atoms with E-state index in [-0.39, 0.29) is 42.9 Å². The van der Waals surface area contributed by atoms with E-state index in [0.29, 0.717) is 29.5 Å². The number of carboxylic acid groups (broad SMARTS) is 1. The molecule has 198 valence electrons. The van der Waals surface area contributed by atoms with Crippen molar-refractivity contribution >= 4 is 22.4 Å². The van der Waals surface area contributed by atoms with Gasteiger partial charge in [-0.05, 0) is 86.3 Å². The van der Waals surface area contributed by atoms with E-state index < -0.39 is 30.6 Å². The maximum absolute atomic E-state index is 14.1. The van der Waals surface area contributed by atoms with E-state index in [1.807, 2.05) is 13.1 Å². The first-order valence-electron chi connectivity index (χ1n) is 12.5. The number of carboxylic acids is 1. The molecule has 4 rings (SSSR count). The Balaban J connectivity index is 1.46. The van der Waals surface area contributed by atoms with Gasteiger partial charge in [0.15, 0.2) is 0 Å². The third-order valence-electron chi connectivity index (χ3n) is 7.82. The molecule has 0 aromatic heterocycles. The van der Waals surface area contributed by atoms with Gasteiger partial charge in [0.25, 0.3) is 6.43 Å². The molecule has 0 aliphatic heterocycles. The topological polar surface area (TPSA) is 49.8 Å². The molecule has 2 aromatic carbocycles. The van der Waals surface area contributed by atoms with Gasteiger partial charge in [-0.2, -0.15) is 13.2 Å². The second-order valence-corrected chi connectivity index (χ2v) is 10.3. The smallest absolute Gasteiger partial charge is 0.391 e. The normalized spacial score (nSPS) is 25.2.